The minimum atomic E-state index is -0.679. The number of benzene rings is 1. The first-order valence-electron chi connectivity index (χ1n) is 5.29. The highest BCUT2D eigenvalue weighted by atomic mass is 16.5. The Kier molecular flexibility index (Phi) is 4.73. The van der Waals surface area contributed by atoms with Crippen molar-refractivity contribution in [3.8, 4) is 5.75 Å². The smallest absolute Gasteiger partial charge is 0.118 e. The van der Waals surface area contributed by atoms with Crippen LogP contribution < -0.4 is 4.74 Å². The van der Waals surface area contributed by atoms with Crippen LogP contribution in [0, 0.1) is 0 Å². The Bertz CT molecular complexity index is 301. The van der Waals surface area contributed by atoms with Crippen LogP contribution in [0.3, 0.4) is 0 Å². The summed E-state index contributed by atoms with van der Waals surface area (Å²) in [5, 5.41) is 19.0. The number of aliphatic hydroxyl groups excluding tert-OH is 2. The number of nitrogens with zero attached hydrogens (tertiary/aromatic N) is 1. The van der Waals surface area contributed by atoms with E-state index in [1.807, 2.05) is 24.3 Å². The molecule has 1 aromatic rings. The fraction of sp³-hybridized carbons (Fsp3) is 0.500. The third-order valence-electron chi connectivity index (χ3n) is 2.48. The Hall–Kier alpha value is -1.10. The van der Waals surface area contributed by atoms with E-state index < -0.39 is 12.5 Å². The SMILES string of the molecule is COc1ccc(CN(C(C)O)C(C)O)cc1. The molecule has 0 amide bonds. The molecule has 2 atom stereocenters. The molecule has 0 bridgehead atoms. The zero-order chi connectivity index (χ0) is 12.1. The van der Waals surface area contributed by atoms with Crippen LogP contribution in [0.25, 0.3) is 0 Å². The van der Waals surface area contributed by atoms with Crippen molar-refractivity contribution in [1.29, 1.82) is 0 Å². The highest BCUT2D eigenvalue weighted by Gasteiger charge is 2.16. The van der Waals surface area contributed by atoms with E-state index in [9.17, 15) is 10.2 Å². The summed E-state index contributed by atoms with van der Waals surface area (Å²) in [6.07, 6.45) is -1.36. The molecule has 90 valence electrons. The molecule has 1 rings (SSSR count). The van der Waals surface area contributed by atoms with Gasteiger partial charge in [0, 0.05) is 6.54 Å². The van der Waals surface area contributed by atoms with E-state index in [-0.39, 0.29) is 0 Å². The lowest BCUT2D eigenvalue weighted by Gasteiger charge is -2.28. The average molecular weight is 225 g/mol. The molecule has 2 N–H and O–H groups in total. The Morgan fingerprint density at radius 1 is 1.12 bits per heavy atom. The first-order chi connectivity index (χ1) is 7.54. The van der Waals surface area contributed by atoms with Gasteiger partial charge >= 0.3 is 0 Å². The molecule has 0 spiro atoms. The van der Waals surface area contributed by atoms with Gasteiger partial charge in [-0.3, -0.25) is 0 Å². The molecule has 0 aliphatic carbocycles. The lowest BCUT2D eigenvalue weighted by molar-refractivity contribution is -0.0897. The van der Waals surface area contributed by atoms with Crippen molar-refractivity contribution >= 4 is 0 Å². The Morgan fingerprint density at radius 3 is 2.00 bits per heavy atom. The maximum Gasteiger partial charge on any atom is 0.118 e. The van der Waals surface area contributed by atoms with E-state index in [1.165, 1.54) is 0 Å². The molecular weight excluding hydrogens is 206 g/mol. The van der Waals surface area contributed by atoms with Crippen LogP contribution in [0.1, 0.15) is 19.4 Å². The number of ether oxygens (including phenoxy) is 1. The maximum absolute atomic E-state index is 9.49. The summed E-state index contributed by atoms with van der Waals surface area (Å²) in [4.78, 5) is 1.59. The van der Waals surface area contributed by atoms with E-state index in [4.69, 9.17) is 4.74 Å². The van der Waals surface area contributed by atoms with Gasteiger partial charge in [0.25, 0.3) is 0 Å². The quantitative estimate of drug-likeness (QED) is 0.739. The molecule has 2 unspecified atom stereocenters. The number of hydrogen-bond acceptors (Lipinski definition) is 4. The van der Waals surface area contributed by atoms with Crippen LogP contribution in [0.5, 0.6) is 5.75 Å². The second-order valence-electron chi connectivity index (χ2n) is 3.78. The van der Waals surface area contributed by atoms with Gasteiger partial charge in [-0.05, 0) is 31.5 Å². The molecule has 0 aliphatic heterocycles. The van der Waals surface area contributed by atoms with E-state index in [1.54, 1.807) is 25.9 Å². The van der Waals surface area contributed by atoms with Crippen LogP contribution in [0.4, 0.5) is 0 Å². The Balaban J connectivity index is 2.70. The van der Waals surface area contributed by atoms with Crippen molar-refractivity contribution in [2.24, 2.45) is 0 Å². The van der Waals surface area contributed by atoms with Gasteiger partial charge in [0.15, 0.2) is 0 Å². The number of methoxy groups -OCH3 is 1. The van der Waals surface area contributed by atoms with E-state index >= 15 is 0 Å². The molecule has 0 aliphatic rings. The molecule has 4 heteroatoms. The predicted octanol–water partition coefficient (Wildman–Crippen LogP) is 1.17. The summed E-state index contributed by atoms with van der Waals surface area (Å²) < 4.78 is 5.06. The van der Waals surface area contributed by atoms with E-state index in [2.05, 4.69) is 0 Å². The van der Waals surface area contributed by atoms with Gasteiger partial charge in [-0.2, -0.15) is 0 Å². The highest BCUT2D eigenvalue weighted by molar-refractivity contribution is 5.27. The number of aliphatic hydroxyl groups is 2. The summed E-state index contributed by atoms with van der Waals surface area (Å²) in [5.74, 6) is 0.796. The van der Waals surface area contributed by atoms with Gasteiger partial charge in [-0.1, -0.05) is 12.1 Å². The third kappa shape index (κ3) is 3.48. The molecule has 0 heterocycles. The van der Waals surface area contributed by atoms with Crippen molar-refractivity contribution in [1.82, 2.24) is 4.90 Å². The van der Waals surface area contributed by atoms with Crippen LogP contribution in [0.2, 0.25) is 0 Å². The van der Waals surface area contributed by atoms with Crippen LogP contribution in [-0.4, -0.2) is 34.7 Å². The van der Waals surface area contributed by atoms with Crippen molar-refractivity contribution in [3.05, 3.63) is 29.8 Å². The third-order valence-corrected chi connectivity index (χ3v) is 2.48. The molecular formula is C12H19NO3. The summed E-state index contributed by atoms with van der Waals surface area (Å²) in [5.41, 5.74) is 1.02. The standard InChI is InChI=1S/C12H19NO3/c1-9(14)13(10(2)15)8-11-4-6-12(16-3)7-5-11/h4-7,9-10,14-15H,8H2,1-3H3. The first-order valence-corrected chi connectivity index (χ1v) is 5.29. The lowest BCUT2D eigenvalue weighted by Crippen LogP contribution is -2.39. The molecule has 4 nitrogen and oxygen atoms in total. The maximum atomic E-state index is 9.49. The van der Waals surface area contributed by atoms with Gasteiger partial charge < -0.3 is 14.9 Å². The zero-order valence-electron chi connectivity index (χ0n) is 9.92. The second-order valence-corrected chi connectivity index (χ2v) is 3.78. The van der Waals surface area contributed by atoms with Gasteiger partial charge in [-0.15, -0.1) is 0 Å². The highest BCUT2D eigenvalue weighted by Crippen LogP contribution is 2.14. The predicted molar refractivity (Wildman–Crippen MR) is 61.9 cm³/mol. The fourth-order valence-corrected chi connectivity index (χ4v) is 1.52. The van der Waals surface area contributed by atoms with E-state index in [0.717, 1.165) is 11.3 Å². The molecule has 1 aromatic carbocycles. The molecule has 0 saturated carbocycles. The van der Waals surface area contributed by atoms with Crippen molar-refractivity contribution < 1.29 is 14.9 Å². The Morgan fingerprint density at radius 2 is 1.62 bits per heavy atom. The van der Waals surface area contributed by atoms with Crippen molar-refractivity contribution in [2.45, 2.75) is 32.8 Å². The summed E-state index contributed by atoms with van der Waals surface area (Å²) in [7, 11) is 1.62. The molecule has 0 aromatic heterocycles. The van der Waals surface area contributed by atoms with Gasteiger partial charge in [0.2, 0.25) is 0 Å². The van der Waals surface area contributed by atoms with Crippen LogP contribution >= 0.6 is 0 Å². The van der Waals surface area contributed by atoms with E-state index in [0.29, 0.717) is 6.54 Å². The van der Waals surface area contributed by atoms with Crippen LogP contribution in [-0.2, 0) is 6.54 Å². The Labute approximate surface area is 96.1 Å². The topological polar surface area (TPSA) is 52.9 Å². The molecule has 16 heavy (non-hydrogen) atoms. The molecule has 0 saturated heterocycles. The second kappa shape index (κ2) is 5.84. The average Bonchev–Trinajstić information content (AvgIpc) is 2.25. The monoisotopic (exact) mass is 225 g/mol. The summed E-state index contributed by atoms with van der Waals surface area (Å²) in [6.45, 7) is 3.77. The van der Waals surface area contributed by atoms with Crippen molar-refractivity contribution in [3.63, 3.8) is 0 Å². The number of rotatable bonds is 5. The molecule has 0 fully saturated rings. The number of hydrogen-bond donors (Lipinski definition) is 2. The van der Waals surface area contributed by atoms with Crippen molar-refractivity contribution in [2.75, 3.05) is 7.11 Å². The van der Waals surface area contributed by atoms with Gasteiger partial charge in [0.05, 0.1) is 7.11 Å². The molecule has 0 radical (unpaired) electrons. The zero-order valence-corrected chi connectivity index (χ0v) is 9.92. The normalized spacial score (nSPS) is 14.9. The van der Waals surface area contributed by atoms with Gasteiger partial charge in [-0.25, -0.2) is 4.90 Å². The minimum absolute atomic E-state index is 0.499. The largest absolute Gasteiger partial charge is 0.497 e. The minimum Gasteiger partial charge on any atom is -0.497 e. The van der Waals surface area contributed by atoms with Crippen LogP contribution in [0.15, 0.2) is 24.3 Å². The lowest BCUT2D eigenvalue weighted by atomic mass is 10.2. The fourth-order valence-electron chi connectivity index (χ4n) is 1.52. The summed E-state index contributed by atoms with van der Waals surface area (Å²) >= 11 is 0. The first kappa shape index (κ1) is 13.0. The van der Waals surface area contributed by atoms with Gasteiger partial charge in [0.1, 0.15) is 18.2 Å². The summed E-state index contributed by atoms with van der Waals surface area (Å²) in [6, 6.07) is 7.54.